The summed E-state index contributed by atoms with van der Waals surface area (Å²) in [5.41, 5.74) is 0.790. The van der Waals surface area contributed by atoms with Gasteiger partial charge in [-0.1, -0.05) is 29.3 Å². The Morgan fingerprint density at radius 3 is 2.27 bits per heavy atom. The van der Waals surface area contributed by atoms with E-state index in [-0.39, 0.29) is 27.9 Å². The number of rotatable bonds is 3. The molecule has 0 saturated carbocycles. The molecule has 12 heteroatoms. The Kier molecular flexibility index (Phi) is 7.30. The van der Waals surface area contributed by atoms with Crippen LogP contribution in [0.2, 0.25) is 15.3 Å². The van der Waals surface area contributed by atoms with Gasteiger partial charge in [0.05, 0.1) is 15.4 Å². The minimum Gasteiger partial charge on any atom is -0.365 e. The summed E-state index contributed by atoms with van der Waals surface area (Å²) in [4.78, 5) is 14.6. The quantitative estimate of drug-likeness (QED) is 0.320. The minimum absolute atomic E-state index is 0.130. The Balaban J connectivity index is 0.000000367. The molecule has 3 aromatic heterocycles. The average Bonchev–Trinajstić information content (AvgIpc) is 3.15. The number of fused-ring (bicyclic) bond motifs is 1. The Morgan fingerprint density at radius 2 is 1.70 bits per heavy atom. The maximum absolute atomic E-state index is 12.9. The van der Waals surface area contributed by atoms with Crippen molar-refractivity contribution in [1.82, 2.24) is 19.9 Å². The second kappa shape index (κ2) is 9.74. The number of nitrogens with one attached hydrogen (secondary N) is 1. The number of alkyl halides is 3. The van der Waals surface area contributed by atoms with Gasteiger partial charge in [-0.3, -0.25) is 0 Å². The Hall–Kier alpha value is -2.20. The third-order valence-electron chi connectivity index (χ3n) is 3.57. The fourth-order valence-corrected chi connectivity index (χ4v) is 3.70. The molecule has 0 atom stereocenters. The lowest BCUT2D eigenvalue weighted by Crippen LogP contribution is -2.03. The van der Waals surface area contributed by atoms with Crippen LogP contribution >= 0.6 is 46.1 Å². The summed E-state index contributed by atoms with van der Waals surface area (Å²) in [5.74, 6) is 0.225. The Morgan fingerprint density at radius 1 is 0.967 bits per heavy atom. The standard InChI is InChI=1S/C14H7Cl3F3N3S.C4H4N2/c15-8-2-1-6(3-9(8)16)5-21-11-7-4-10(14(18,19)20)24-12(7)23-13(17)22-11;1-2-5-4-6-3-1/h1-4H,5H2,(H,21,22,23);1-4H. The summed E-state index contributed by atoms with van der Waals surface area (Å²) in [6.07, 6.45) is 0.429. The fourth-order valence-electron chi connectivity index (χ4n) is 2.26. The number of hydrogen-bond donors (Lipinski definition) is 1. The van der Waals surface area contributed by atoms with Crippen LogP contribution in [0.5, 0.6) is 0 Å². The van der Waals surface area contributed by atoms with Gasteiger partial charge in [-0.15, -0.1) is 11.3 Å². The van der Waals surface area contributed by atoms with Crippen LogP contribution in [0.1, 0.15) is 10.4 Å². The highest BCUT2D eigenvalue weighted by Gasteiger charge is 2.33. The molecule has 1 aromatic carbocycles. The molecular formula is C18H11Cl3F3N5S. The molecule has 0 saturated heterocycles. The molecular weight excluding hydrogens is 482 g/mol. The molecule has 4 rings (SSSR count). The lowest BCUT2D eigenvalue weighted by molar-refractivity contribution is -0.134. The number of benzene rings is 1. The van der Waals surface area contributed by atoms with Gasteiger partial charge in [0.1, 0.15) is 21.9 Å². The van der Waals surface area contributed by atoms with Gasteiger partial charge < -0.3 is 5.32 Å². The number of aromatic nitrogens is 4. The molecule has 0 bridgehead atoms. The highest BCUT2D eigenvalue weighted by molar-refractivity contribution is 7.18. The molecule has 0 fully saturated rings. The lowest BCUT2D eigenvalue weighted by atomic mass is 10.2. The van der Waals surface area contributed by atoms with Crippen molar-refractivity contribution < 1.29 is 13.2 Å². The van der Waals surface area contributed by atoms with Crippen LogP contribution in [0.4, 0.5) is 19.0 Å². The normalized spacial score (nSPS) is 11.1. The van der Waals surface area contributed by atoms with E-state index < -0.39 is 11.1 Å². The van der Waals surface area contributed by atoms with Crippen LogP contribution in [-0.2, 0) is 12.7 Å². The summed E-state index contributed by atoms with van der Waals surface area (Å²) in [6, 6.07) is 7.82. The van der Waals surface area contributed by atoms with Gasteiger partial charge >= 0.3 is 6.18 Å². The molecule has 3 heterocycles. The minimum atomic E-state index is -4.45. The molecule has 30 heavy (non-hydrogen) atoms. The van der Waals surface area contributed by atoms with Crippen LogP contribution in [0.15, 0.2) is 49.1 Å². The zero-order chi connectivity index (χ0) is 21.7. The van der Waals surface area contributed by atoms with Crippen molar-refractivity contribution in [2.24, 2.45) is 0 Å². The Bertz CT molecular complexity index is 1110. The highest BCUT2D eigenvalue weighted by atomic mass is 35.5. The summed E-state index contributed by atoms with van der Waals surface area (Å²) < 4.78 is 38.6. The van der Waals surface area contributed by atoms with Gasteiger partial charge in [0, 0.05) is 18.9 Å². The summed E-state index contributed by atoms with van der Waals surface area (Å²) in [5, 5.41) is 3.89. The molecule has 5 nitrogen and oxygen atoms in total. The van der Waals surface area contributed by atoms with Gasteiger partial charge in [-0.25, -0.2) is 19.9 Å². The molecule has 0 aliphatic heterocycles. The van der Waals surface area contributed by atoms with E-state index >= 15 is 0 Å². The van der Waals surface area contributed by atoms with Crippen molar-refractivity contribution in [2.45, 2.75) is 12.7 Å². The number of nitrogens with zero attached hydrogens (tertiary/aromatic N) is 4. The van der Waals surface area contributed by atoms with Crippen LogP contribution in [0, 0.1) is 0 Å². The van der Waals surface area contributed by atoms with E-state index in [0.717, 1.165) is 11.6 Å². The first-order valence-corrected chi connectivity index (χ1v) is 10.1. The van der Waals surface area contributed by atoms with E-state index in [1.165, 1.54) is 6.33 Å². The third kappa shape index (κ3) is 5.91. The van der Waals surface area contributed by atoms with E-state index in [2.05, 4.69) is 25.3 Å². The number of thiophene rings is 1. The first kappa shape index (κ1) is 22.5. The van der Waals surface area contributed by atoms with Crippen molar-refractivity contribution in [3.8, 4) is 0 Å². The monoisotopic (exact) mass is 491 g/mol. The molecule has 0 spiro atoms. The second-order valence-corrected chi connectivity index (χ2v) is 7.86. The third-order valence-corrected chi connectivity index (χ3v) is 5.55. The van der Waals surface area contributed by atoms with Crippen LogP contribution in [-0.4, -0.2) is 19.9 Å². The first-order valence-electron chi connectivity index (χ1n) is 8.16. The summed E-state index contributed by atoms with van der Waals surface area (Å²) in [6.45, 7) is 0.288. The SMILES string of the molecule is FC(F)(F)c1cc2c(NCc3ccc(Cl)c(Cl)c3)nc(Cl)nc2s1.c1cncnc1. The van der Waals surface area contributed by atoms with Crippen molar-refractivity contribution in [1.29, 1.82) is 0 Å². The second-order valence-electron chi connectivity index (χ2n) is 5.67. The number of hydrogen-bond acceptors (Lipinski definition) is 6. The Labute approximate surface area is 187 Å². The maximum atomic E-state index is 12.9. The van der Waals surface area contributed by atoms with Gasteiger partial charge in [0.2, 0.25) is 5.28 Å². The summed E-state index contributed by atoms with van der Waals surface area (Å²) >= 11 is 18.1. The maximum Gasteiger partial charge on any atom is 0.425 e. The van der Waals surface area contributed by atoms with Crippen LogP contribution in [0.3, 0.4) is 0 Å². The van der Waals surface area contributed by atoms with E-state index in [1.54, 1.807) is 36.7 Å². The van der Waals surface area contributed by atoms with Crippen molar-refractivity contribution in [2.75, 3.05) is 5.32 Å². The van der Waals surface area contributed by atoms with Gasteiger partial charge in [0.25, 0.3) is 0 Å². The number of anilines is 1. The highest BCUT2D eigenvalue weighted by Crippen LogP contribution is 2.39. The molecule has 0 aliphatic carbocycles. The van der Waals surface area contributed by atoms with E-state index in [4.69, 9.17) is 34.8 Å². The first-order chi connectivity index (χ1) is 14.2. The van der Waals surface area contributed by atoms with Gasteiger partial charge in [0.15, 0.2) is 0 Å². The zero-order valence-corrected chi connectivity index (χ0v) is 17.9. The van der Waals surface area contributed by atoms with E-state index in [0.29, 0.717) is 21.4 Å². The van der Waals surface area contributed by atoms with Crippen LogP contribution < -0.4 is 5.32 Å². The van der Waals surface area contributed by atoms with Crippen molar-refractivity contribution in [3.63, 3.8) is 0 Å². The predicted octanol–water partition coefficient (Wildman–Crippen LogP) is 6.76. The largest absolute Gasteiger partial charge is 0.425 e. The van der Waals surface area contributed by atoms with Crippen molar-refractivity contribution in [3.05, 3.63) is 74.8 Å². The van der Waals surface area contributed by atoms with Gasteiger partial charge in [-0.05, 0) is 41.4 Å². The van der Waals surface area contributed by atoms with E-state index in [1.807, 2.05) is 0 Å². The topological polar surface area (TPSA) is 63.6 Å². The number of halogens is 6. The fraction of sp³-hybridized carbons (Fsp3) is 0.111. The zero-order valence-electron chi connectivity index (χ0n) is 14.8. The molecule has 0 amide bonds. The molecule has 4 aromatic rings. The van der Waals surface area contributed by atoms with Crippen LogP contribution in [0.25, 0.3) is 10.2 Å². The van der Waals surface area contributed by atoms with Crippen molar-refractivity contribution >= 4 is 62.2 Å². The lowest BCUT2D eigenvalue weighted by Gasteiger charge is -2.08. The molecule has 156 valence electrons. The molecule has 0 unspecified atom stereocenters. The van der Waals surface area contributed by atoms with Gasteiger partial charge in [-0.2, -0.15) is 13.2 Å². The summed E-state index contributed by atoms with van der Waals surface area (Å²) in [7, 11) is 0. The predicted molar refractivity (Wildman–Crippen MR) is 113 cm³/mol. The molecule has 1 N–H and O–H groups in total. The van der Waals surface area contributed by atoms with E-state index in [9.17, 15) is 13.2 Å². The average molecular weight is 493 g/mol. The molecule has 0 radical (unpaired) electrons. The smallest absolute Gasteiger partial charge is 0.365 e. The molecule has 0 aliphatic rings.